The molecule has 1 amide bonds. The molecule has 8 nitrogen and oxygen atoms in total. The zero-order valence-electron chi connectivity index (χ0n) is 18.0. The maximum absolute atomic E-state index is 12.8. The van der Waals surface area contributed by atoms with Crippen LogP contribution in [0.15, 0.2) is 65.7 Å². The number of carbonyl (C=O) groups is 1. The minimum absolute atomic E-state index is 0.112. The third-order valence-corrected chi connectivity index (χ3v) is 7.25. The van der Waals surface area contributed by atoms with E-state index in [-0.39, 0.29) is 16.3 Å². The van der Waals surface area contributed by atoms with Gasteiger partial charge in [0.15, 0.2) is 0 Å². The SMILES string of the molecule is Cc1cc(Oc2ncccc2C#N)ccc1NC(=O)c1cccc(S(=O)(=O)N2CCCC2)c1. The summed E-state index contributed by atoms with van der Waals surface area (Å²) < 4.78 is 32.8. The number of hydrogen-bond donors (Lipinski definition) is 1. The topological polar surface area (TPSA) is 112 Å². The van der Waals surface area contributed by atoms with Crippen molar-refractivity contribution in [2.75, 3.05) is 18.4 Å². The molecule has 2 heterocycles. The van der Waals surface area contributed by atoms with Gasteiger partial charge in [0, 0.05) is 30.5 Å². The summed E-state index contributed by atoms with van der Waals surface area (Å²) in [6.07, 6.45) is 3.22. The van der Waals surface area contributed by atoms with Crippen LogP contribution in [-0.2, 0) is 10.0 Å². The highest BCUT2D eigenvalue weighted by atomic mass is 32.2. The lowest BCUT2D eigenvalue weighted by atomic mass is 10.1. The Labute approximate surface area is 192 Å². The molecule has 1 aliphatic rings. The van der Waals surface area contributed by atoms with Gasteiger partial charge in [-0.25, -0.2) is 13.4 Å². The lowest BCUT2D eigenvalue weighted by molar-refractivity contribution is 0.102. The molecule has 2 aromatic carbocycles. The molecule has 0 unspecified atom stereocenters. The van der Waals surface area contributed by atoms with E-state index in [0.29, 0.717) is 30.1 Å². The standard InChI is InChI=1S/C24H22N4O4S/c1-17-14-20(32-24-19(16-25)7-5-11-26-24)9-10-22(17)27-23(29)18-6-4-8-21(15-18)33(30,31)28-12-2-3-13-28/h4-11,14-15H,2-3,12-13H2,1H3,(H,27,29). The van der Waals surface area contributed by atoms with Crippen molar-refractivity contribution in [1.29, 1.82) is 5.26 Å². The summed E-state index contributed by atoms with van der Waals surface area (Å²) in [7, 11) is -3.61. The third-order valence-electron chi connectivity index (χ3n) is 5.35. The van der Waals surface area contributed by atoms with E-state index in [1.165, 1.54) is 22.6 Å². The highest BCUT2D eigenvalue weighted by Gasteiger charge is 2.27. The minimum atomic E-state index is -3.61. The summed E-state index contributed by atoms with van der Waals surface area (Å²) in [5.41, 5.74) is 1.86. The molecule has 9 heteroatoms. The number of nitrogens with one attached hydrogen (secondary N) is 1. The Morgan fingerprint density at radius 3 is 2.64 bits per heavy atom. The number of carbonyl (C=O) groups excluding carboxylic acids is 1. The van der Waals surface area contributed by atoms with Gasteiger partial charge in [0.2, 0.25) is 15.9 Å². The van der Waals surface area contributed by atoms with Crippen LogP contribution in [0.2, 0.25) is 0 Å². The first-order chi connectivity index (χ1) is 15.9. The van der Waals surface area contributed by atoms with Crippen molar-refractivity contribution in [1.82, 2.24) is 9.29 Å². The first-order valence-corrected chi connectivity index (χ1v) is 11.9. The summed E-state index contributed by atoms with van der Waals surface area (Å²) in [4.78, 5) is 17.0. The van der Waals surface area contributed by atoms with E-state index in [1.807, 2.05) is 6.07 Å². The molecule has 0 spiro atoms. The predicted octanol–water partition coefficient (Wildman–Crippen LogP) is 4.09. The van der Waals surface area contributed by atoms with Crippen molar-refractivity contribution in [2.45, 2.75) is 24.7 Å². The summed E-state index contributed by atoms with van der Waals surface area (Å²) >= 11 is 0. The number of aromatic nitrogens is 1. The Morgan fingerprint density at radius 1 is 1.12 bits per heavy atom. The number of pyridine rings is 1. The fourth-order valence-corrected chi connectivity index (χ4v) is 5.14. The normalized spacial score (nSPS) is 13.9. The number of aryl methyl sites for hydroxylation is 1. The molecule has 0 bridgehead atoms. The maximum Gasteiger partial charge on any atom is 0.255 e. The van der Waals surface area contributed by atoms with Crippen molar-refractivity contribution in [3.63, 3.8) is 0 Å². The monoisotopic (exact) mass is 462 g/mol. The smallest absolute Gasteiger partial charge is 0.255 e. The van der Waals surface area contributed by atoms with E-state index in [1.54, 1.807) is 49.4 Å². The number of nitriles is 1. The van der Waals surface area contributed by atoms with Crippen LogP contribution in [0.25, 0.3) is 0 Å². The second kappa shape index (κ2) is 9.40. The Balaban J connectivity index is 1.50. The molecule has 0 aliphatic carbocycles. The average Bonchev–Trinajstić information content (AvgIpc) is 3.37. The Kier molecular flexibility index (Phi) is 6.40. The van der Waals surface area contributed by atoms with Crippen LogP contribution in [0.5, 0.6) is 11.6 Å². The van der Waals surface area contributed by atoms with Crippen molar-refractivity contribution >= 4 is 21.6 Å². The molecule has 0 saturated carbocycles. The first kappa shape index (κ1) is 22.5. The van der Waals surface area contributed by atoms with Gasteiger partial charge in [-0.05, 0) is 73.9 Å². The number of ether oxygens (including phenoxy) is 1. The molecule has 4 rings (SSSR count). The molecule has 168 valence electrons. The van der Waals surface area contributed by atoms with E-state index < -0.39 is 15.9 Å². The van der Waals surface area contributed by atoms with Gasteiger partial charge in [-0.2, -0.15) is 9.57 Å². The number of hydrogen-bond acceptors (Lipinski definition) is 6. The molecule has 1 N–H and O–H groups in total. The summed E-state index contributed by atoms with van der Waals surface area (Å²) in [6.45, 7) is 2.81. The molecule has 0 radical (unpaired) electrons. The second-order valence-corrected chi connectivity index (χ2v) is 9.58. The fourth-order valence-electron chi connectivity index (χ4n) is 3.58. The quantitative estimate of drug-likeness (QED) is 0.590. The molecule has 1 saturated heterocycles. The van der Waals surface area contributed by atoms with Gasteiger partial charge >= 0.3 is 0 Å². The van der Waals surface area contributed by atoms with E-state index in [0.717, 1.165) is 18.4 Å². The molecular formula is C24H22N4O4S. The molecule has 0 atom stereocenters. The largest absolute Gasteiger partial charge is 0.438 e. The van der Waals surface area contributed by atoms with E-state index in [4.69, 9.17) is 4.74 Å². The lowest BCUT2D eigenvalue weighted by Gasteiger charge is -2.16. The fraction of sp³-hybridized carbons (Fsp3) is 0.208. The second-order valence-electron chi connectivity index (χ2n) is 7.64. The van der Waals surface area contributed by atoms with Crippen molar-refractivity contribution < 1.29 is 17.9 Å². The van der Waals surface area contributed by atoms with Gasteiger partial charge in [0.05, 0.1) is 4.90 Å². The van der Waals surface area contributed by atoms with Gasteiger partial charge in [0.25, 0.3) is 5.91 Å². The first-order valence-electron chi connectivity index (χ1n) is 10.4. The zero-order chi connectivity index (χ0) is 23.4. The third kappa shape index (κ3) is 4.87. The van der Waals surface area contributed by atoms with Gasteiger partial charge in [-0.1, -0.05) is 6.07 Å². The number of amides is 1. The van der Waals surface area contributed by atoms with Crippen molar-refractivity contribution in [3.05, 3.63) is 77.5 Å². The molecule has 1 aliphatic heterocycles. The number of nitrogens with zero attached hydrogens (tertiary/aromatic N) is 3. The van der Waals surface area contributed by atoms with Crippen LogP contribution < -0.4 is 10.1 Å². The Hall–Kier alpha value is -3.74. The van der Waals surface area contributed by atoms with Crippen LogP contribution >= 0.6 is 0 Å². The molecule has 1 fully saturated rings. The van der Waals surface area contributed by atoms with E-state index in [9.17, 15) is 18.5 Å². The number of rotatable bonds is 6. The van der Waals surface area contributed by atoms with Gasteiger partial charge < -0.3 is 10.1 Å². The van der Waals surface area contributed by atoms with Crippen LogP contribution in [0, 0.1) is 18.3 Å². The van der Waals surface area contributed by atoms with Crippen LogP contribution in [0.4, 0.5) is 5.69 Å². The highest BCUT2D eigenvalue weighted by molar-refractivity contribution is 7.89. The van der Waals surface area contributed by atoms with Crippen LogP contribution in [0.1, 0.15) is 34.3 Å². The molecule has 3 aromatic rings. The Bertz CT molecular complexity index is 1340. The molecular weight excluding hydrogens is 440 g/mol. The Morgan fingerprint density at radius 2 is 1.91 bits per heavy atom. The summed E-state index contributed by atoms with van der Waals surface area (Å²) in [5, 5.41) is 12.0. The van der Waals surface area contributed by atoms with E-state index >= 15 is 0 Å². The maximum atomic E-state index is 12.8. The highest BCUT2D eigenvalue weighted by Crippen LogP contribution is 2.27. The van der Waals surface area contributed by atoms with Crippen molar-refractivity contribution in [2.24, 2.45) is 0 Å². The number of benzene rings is 2. The molecule has 33 heavy (non-hydrogen) atoms. The summed E-state index contributed by atoms with van der Waals surface area (Å²) in [5.74, 6) is 0.258. The average molecular weight is 463 g/mol. The van der Waals surface area contributed by atoms with Crippen LogP contribution in [0.3, 0.4) is 0 Å². The number of sulfonamides is 1. The minimum Gasteiger partial charge on any atom is -0.438 e. The van der Waals surface area contributed by atoms with Crippen molar-refractivity contribution in [3.8, 4) is 17.7 Å². The van der Waals surface area contributed by atoms with E-state index in [2.05, 4.69) is 10.3 Å². The molecule has 1 aromatic heterocycles. The predicted molar refractivity (Wildman–Crippen MR) is 123 cm³/mol. The number of anilines is 1. The van der Waals surface area contributed by atoms with Crippen LogP contribution in [-0.4, -0.2) is 36.7 Å². The van der Waals surface area contributed by atoms with Gasteiger partial charge in [-0.15, -0.1) is 0 Å². The van der Waals surface area contributed by atoms with Gasteiger partial charge in [-0.3, -0.25) is 4.79 Å². The summed E-state index contributed by atoms with van der Waals surface area (Å²) in [6, 6.07) is 16.4. The lowest BCUT2D eigenvalue weighted by Crippen LogP contribution is -2.28. The van der Waals surface area contributed by atoms with Gasteiger partial charge in [0.1, 0.15) is 17.4 Å². The zero-order valence-corrected chi connectivity index (χ0v) is 18.8.